The molecule has 0 aliphatic carbocycles. The zero-order valence-electron chi connectivity index (χ0n) is 22.2. The second-order valence-electron chi connectivity index (χ2n) is 9.85. The number of hydrogen-bond acceptors (Lipinski definition) is 7. The zero-order valence-corrected chi connectivity index (χ0v) is 23.8. The first kappa shape index (κ1) is 28.1. The predicted octanol–water partition coefficient (Wildman–Crippen LogP) is 2.78. The van der Waals surface area contributed by atoms with Crippen LogP contribution in [-0.4, -0.2) is 78.3 Å². The maximum Gasteiger partial charge on any atom is 0.264 e. The molecule has 0 spiro atoms. The van der Waals surface area contributed by atoms with Gasteiger partial charge in [0.1, 0.15) is 5.75 Å². The first-order valence-corrected chi connectivity index (χ1v) is 15.9. The number of benzene rings is 3. The van der Waals surface area contributed by atoms with E-state index in [1.165, 1.54) is 45.0 Å². The third kappa shape index (κ3) is 5.99. The molecular formula is C28H32N4O6S2. The molecule has 10 nitrogen and oxygen atoms in total. The summed E-state index contributed by atoms with van der Waals surface area (Å²) in [5.41, 5.74) is 2.15. The van der Waals surface area contributed by atoms with E-state index in [2.05, 4.69) is 10.2 Å². The van der Waals surface area contributed by atoms with Gasteiger partial charge in [-0.25, -0.2) is 16.8 Å². The van der Waals surface area contributed by atoms with Crippen LogP contribution in [-0.2, 0) is 31.3 Å². The molecule has 0 unspecified atom stereocenters. The highest BCUT2D eigenvalue weighted by molar-refractivity contribution is 7.92. The first-order valence-electron chi connectivity index (χ1n) is 13.1. The van der Waals surface area contributed by atoms with Crippen molar-refractivity contribution in [3.05, 3.63) is 78.4 Å². The lowest BCUT2D eigenvalue weighted by Crippen LogP contribution is -2.46. The van der Waals surface area contributed by atoms with Gasteiger partial charge >= 0.3 is 0 Å². The molecule has 1 amide bonds. The van der Waals surface area contributed by atoms with Crippen LogP contribution in [0.25, 0.3) is 0 Å². The number of likely N-dealkylation sites (N-methyl/N-ethyl adjacent to an activating group) is 1. The van der Waals surface area contributed by atoms with E-state index in [1.54, 1.807) is 12.1 Å². The van der Waals surface area contributed by atoms with E-state index >= 15 is 0 Å². The predicted molar refractivity (Wildman–Crippen MR) is 153 cm³/mol. The van der Waals surface area contributed by atoms with E-state index in [1.807, 2.05) is 31.3 Å². The van der Waals surface area contributed by atoms with Crippen molar-refractivity contribution in [3.8, 4) is 5.75 Å². The minimum absolute atomic E-state index is 0.146. The number of para-hydroxylation sites is 1. The maximum absolute atomic E-state index is 13.3. The molecule has 3 aromatic carbocycles. The standard InChI is InChI=1S/C28H32N4O6S2/c1-30-17-19-31(20-18-30)39(34,35)25-12-8-23(9-13-25)29-28(33)21-38-24-10-14-26(15-11-24)40(36,37)32-16-4-6-22-5-2-3-7-27(22)32/h2-3,5,7-15H,4,6,16-21H2,1H3,(H,29,33). The van der Waals surface area contributed by atoms with Crippen LogP contribution in [0.1, 0.15) is 12.0 Å². The van der Waals surface area contributed by atoms with Gasteiger partial charge in [-0.3, -0.25) is 9.10 Å². The maximum atomic E-state index is 13.3. The Kier molecular flexibility index (Phi) is 8.13. The number of anilines is 2. The van der Waals surface area contributed by atoms with Crippen molar-refractivity contribution in [1.82, 2.24) is 9.21 Å². The fourth-order valence-electron chi connectivity index (χ4n) is 4.82. The molecule has 1 N–H and O–H groups in total. The van der Waals surface area contributed by atoms with Crippen LogP contribution in [0.3, 0.4) is 0 Å². The van der Waals surface area contributed by atoms with Gasteiger partial charge in [0.2, 0.25) is 10.0 Å². The molecular weight excluding hydrogens is 552 g/mol. The summed E-state index contributed by atoms with van der Waals surface area (Å²) in [6.07, 6.45) is 1.60. The van der Waals surface area contributed by atoms with Crippen molar-refractivity contribution in [2.45, 2.75) is 22.6 Å². The van der Waals surface area contributed by atoms with E-state index in [0.717, 1.165) is 18.4 Å². The Morgan fingerprint density at radius 2 is 1.43 bits per heavy atom. The monoisotopic (exact) mass is 584 g/mol. The van der Waals surface area contributed by atoms with Crippen molar-refractivity contribution >= 4 is 37.3 Å². The molecule has 40 heavy (non-hydrogen) atoms. The van der Waals surface area contributed by atoms with E-state index in [4.69, 9.17) is 4.74 Å². The number of piperazine rings is 1. The summed E-state index contributed by atoms with van der Waals surface area (Å²) in [7, 11) is -5.37. The van der Waals surface area contributed by atoms with E-state index in [-0.39, 0.29) is 16.4 Å². The third-order valence-electron chi connectivity index (χ3n) is 7.09. The van der Waals surface area contributed by atoms with Crippen molar-refractivity contribution in [2.75, 3.05) is 56.0 Å². The summed E-state index contributed by atoms with van der Waals surface area (Å²) in [4.78, 5) is 14.8. The molecule has 0 aromatic heterocycles. The van der Waals surface area contributed by atoms with Crippen LogP contribution in [0.5, 0.6) is 5.75 Å². The Morgan fingerprint density at radius 3 is 2.12 bits per heavy atom. The van der Waals surface area contributed by atoms with Gasteiger partial charge in [0, 0.05) is 38.4 Å². The lowest BCUT2D eigenvalue weighted by molar-refractivity contribution is -0.118. The molecule has 2 aliphatic heterocycles. The number of carbonyl (C=O) groups excluding carboxylic acids is 1. The molecule has 0 atom stereocenters. The first-order chi connectivity index (χ1) is 19.1. The Morgan fingerprint density at radius 1 is 0.800 bits per heavy atom. The number of amides is 1. The number of ether oxygens (including phenoxy) is 1. The highest BCUT2D eigenvalue weighted by Gasteiger charge is 2.29. The van der Waals surface area contributed by atoms with E-state index < -0.39 is 26.0 Å². The number of hydrogen-bond donors (Lipinski definition) is 1. The minimum atomic E-state index is -3.74. The Labute approximate surface area is 235 Å². The molecule has 2 heterocycles. The van der Waals surface area contributed by atoms with Gasteiger partial charge in [-0.15, -0.1) is 0 Å². The Balaban J connectivity index is 1.16. The summed E-state index contributed by atoms with van der Waals surface area (Å²) in [5, 5.41) is 2.68. The average Bonchev–Trinajstić information content (AvgIpc) is 2.96. The highest BCUT2D eigenvalue weighted by atomic mass is 32.2. The molecule has 12 heteroatoms. The topological polar surface area (TPSA) is 116 Å². The Hall–Kier alpha value is -3.45. The number of carbonyl (C=O) groups is 1. The van der Waals surface area contributed by atoms with E-state index in [9.17, 15) is 21.6 Å². The number of nitrogens with zero attached hydrogens (tertiary/aromatic N) is 3. The number of nitrogens with one attached hydrogen (secondary N) is 1. The molecule has 0 radical (unpaired) electrons. The quantitative estimate of drug-likeness (QED) is 0.433. The molecule has 0 bridgehead atoms. The number of sulfonamides is 2. The Bertz CT molecular complexity index is 1570. The molecule has 3 aromatic rings. The van der Waals surface area contributed by atoms with Gasteiger partial charge in [-0.1, -0.05) is 18.2 Å². The second-order valence-corrected chi connectivity index (χ2v) is 13.6. The summed E-state index contributed by atoms with van der Waals surface area (Å²) in [5.74, 6) is -0.0851. The fraction of sp³-hybridized carbons (Fsp3) is 0.321. The van der Waals surface area contributed by atoms with Crippen LogP contribution in [0, 0.1) is 0 Å². The number of aryl methyl sites for hydroxylation is 1. The smallest absolute Gasteiger partial charge is 0.264 e. The normalized spacial score (nSPS) is 16.8. The van der Waals surface area contributed by atoms with Crippen LogP contribution in [0.15, 0.2) is 82.6 Å². The van der Waals surface area contributed by atoms with Gasteiger partial charge in [0.25, 0.3) is 15.9 Å². The SMILES string of the molecule is CN1CCN(S(=O)(=O)c2ccc(NC(=O)COc3ccc(S(=O)(=O)N4CCCc5ccccc54)cc3)cc2)CC1. The average molecular weight is 585 g/mol. The van der Waals surface area contributed by atoms with Crippen molar-refractivity contribution in [3.63, 3.8) is 0 Å². The minimum Gasteiger partial charge on any atom is -0.484 e. The fourth-order valence-corrected chi connectivity index (χ4v) is 7.78. The van der Waals surface area contributed by atoms with Crippen LogP contribution in [0.2, 0.25) is 0 Å². The number of rotatable bonds is 8. The molecule has 1 saturated heterocycles. The van der Waals surface area contributed by atoms with Crippen molar-refractivity contribution in [2.24, 2.45) is 0 Å². The van der Waals surface area contributed by atoms with E-state index in [0.29, 0.717) is 49.8 Å². The summed E-state index contributed by atoms with van der Waals surface area (Å²) >= 11 is 0. The van der Waals surface area contributed by atoms with Gasteiger partial charge in [-0.05, 0) is 80.1 Å². The molecule has 5 rings (SSSR count). The van der Waals surface area contributed by atoms with Crippen molar-refractivity contribution < 1.29 is 26.4 Å². The summed E-state index contributed by atoms with van der Waals surface area (Å²) in [6.45, 7) is 2.35. The third-order valence-corrected chi connectivity index (χ3v) is 10.8. The highest BCUT2D eigenvalue weighted by Crippen LogP contribution is 2.32. The molecule has 0 saturated carbocycles. The molecule has 1 fully saturated rings. The summed E-state index contributed by atoms with van der Waals surface area (Å²) < 4.78 is 60.8. The van der Waals surface area contributed by atoms with Crippen LogP contribution < -0.4 is 14.4 Å². The van der Waals surface area contributed by atoms with Gasteiger partial charge in [0.15, 0.2) is 6.61 Å². The van der Waals surface area contributed by atoms with Crippen molar-refractivity contribution in [1.29, 1.82) is 0 Å². The van der Waals surface area contributed by atoms with Crippen LogP contribution in [0.4, 0.5) is 11.4 Å². The van der Waals surface area contributed by atoms with Gasteiger partial charge in [-0.2, -0.15) is 4.31 Å². The van der Waals surface area contributed by atoms with Gasteiger partial charge in [0.05, 0.1) is 15.5 Å². The second kappa shape index (κ2) is 11.6. The lowest BCUT2D eigenvalue weighted by atomic mass is 10.0. The zero-order chi connectivity index (χ0) is 28.3. The van der Waals surface area contributed by atoms with Gasteiger partial charge < -0.3 is 15.0 Å². The number of fused-ring (bicyclic) bond motifs is 1. The van der Waals surface area contributed by atoms with Crippen LogP contribution >= 0.6 is 0 Å². The lowest BCUT2D eigenvalue weighted by Gasteiger charge is -2.31. The molecule has 212 valence electrons. The summed E-state index contributed by atoms with van der Waals surface area (Å²) in [6, 6.07) is 19.5. The largest absolute Gasteiger partial charge is 0.484 e. The molecule has 2 aliphatic rings.